The molecule has 0 spiro atoms. The van der Waals surface area contributed by atoms with E-state index in [-0.39, 0.29) is 0 Å². The zero-order valence-corrected chi connectivity index (χ0v) is 9.87. The van der Waals surface area contributed by atoms with Gasteiger partial charge < -0.3 is 5.32 Å². The molecule has 17 heavy (non-hydrogen) atoms. The minimum absolute atomic E-state index is 0.675. The van der Waals surface area contributed by atoms with Gasteiger partial charge >= 0.3 is 0 Å². The number of rotatable bonds is 3. The second-order valence-corrected chi connectivity index (χ2v) is 4.79. The number of aromatic nitrogens is 5. The number of nitrogens with one attached hydrogen (secondary N) is 1. The third-order valence-electron chi connectivity index (χ3n) is 3.69. The summed E-state index contributed by atoms with van der Waals surface area (Å²) in [5, 5.41) is 14.9. The van der Waals surface area contributed by atoms with E-state index < -0.39 is 0 Å². The summed E-state index contributed by atoms with van der Waals surface area (Å²) in [4.78, 5) is 4.12. The monoisotopic (exact) mass is 232 g/mol. The van der Waals surface area contributed by atoms with Crippen LogP contribution in [0.1, 0.15) is 26.2 Å². The first kappa shape index (κ1) is 10.4. The van der Waals surface area contributed by atoms with Crippen molar-refractivity contribution >= 4 is 11.5 Å². The molecule has 6 nitrogen and oxygen atoms in total. The van der Waals surface area contributed by atoms with Gasteiger partial charge in [0.25, 0.3) is 0 Å². The molecule has 0 aromatic carbocycles. The standard InChI is InChI=1S/C11H16N6/c1-8-3-2-4-9(8)5-13-10-6-12-7-11-14-15-16-17(10)11/h6-9,13H,2-5H2,1H3. The van der Waals surface area contributed by atoms with Crippen LogP contribution < -0.4 is 5.32 Å². The van der Waals surface area contributed by atoms with Crippen LogP contribution in [-0.4, -0.2) is 31.6 Å². The fraction of sp³-hybridized carbons (Fsp3) is 0.636. The van der Waals surface area contributed by atoms with Gasteiger partial charge in [0, 0.05) is 6.54 Å². The third kappa shape index (κ3) is 1.94. The van der Waals surface area contributed by atoms with Crippen LogP contribution in [0.25, 0.3) is 5.65 Å². The van der Waals surface area contributed by atoms with E-state index >= 15 is 0 Å². The van der Waals surface area contributed by atoms with Crippen LogP contribution in [0, 0.1) is 11.8 Å². The van der Waals surface area contributed by atoms with Crippen molar-refractivity contribution in [3.05, 3.63) is 12.4 Å². The second kappa shape index (κ2) is 4.27. The highest BCUT2D eigenvalue weighted by Gasteiger charge is 2.23. The molecule has 1 aliphatic carbocycles. The fourth-order valence-electron chi connectivity index (χ4n) is 2.56. The molecule has 3 rings (SSSR count). The molecule has 2 aromatic rings. The summed E-state index contributed by atoms with van der Waals surface area (Å²) >= 11 is 0. The van der Waals surface area contributed by atoms with E-state index in [9.17, 15) is 0 Å². The molecule has 0 aliphatic heterocycles. The molecule has 0 bridgehead atoms. The summed E-state index contributed by atoms with van der Waals surface area (Å²) < 4.78 is 1.69. The number of hydrogen-bond donors (Lipinski definition) is 1. The Hall–Kier alpha value is -1.72. The zero-order valence-electron chi connectivity index (χ0n) is 9.87. The van der Waals surface area contributed by atoms with Gasteiger partial charge in [-0.25, -0.2) is 0 Å². The summed E-state index contributed by atoms with van der Waals surface area (Å²) in [6.45, 7) is 3.30. The average molecular weight is 232 g/mol. The van der Waals surface area contributed by atoms with Crippen molar-refractivity contribution in [2.75, 3.05) is 11.9 Å². The Morgan fingerprint density at radius 2 is 2.35 bits per heavy atom. The molecule has 0 saturated heterocycles. The van der Waals surface area contributed by atoms with E-state index in [1.54, 1.807) is 16.9 Å². The molecule has 1 saturated carbocycles. The van der Waals surface area contributed by atoms with Gasteiger partial charge in [-0.3, -0.25) is 4.98 Å². The molecule has 90 valence electrons. The van der Waals surface area contributed by atoms with Gasteiger partial charge in [0.05, 0.1) is 12.4 Å². The molecule has 2 heterocycles. The van der Waals surface area contributed by atoms with Gasteiger partial charge in [-0.05, 0) is 28.7 Å². The van der Waals surface area contributed by atoms with Crippen molar-refractivity contribution < 1.29 is 0 Å². The molecule has 1 fully saturated rings. The first-order chi connectivity index (χ1) is 8.34. The Labute approximate surface area is 99.4 Å². The Balaban J connectivity index is 1.74. The van der Waals surface area contributed by atoms with Gasteiger partial charge in [-0.2, -0.15) is 4.52 Å². The highest BCUT2D eigenvalue weighted by atomic mass is 15.5. The number of fused-ring (bicyclic) bond motifs is 1. The summed E-state index contributed by atoms with van der Waals surface area (Å²) in [5.41, 5.74) is 0.675. The highest BCUT2D eigenvalue weighted by molar-refractivity contribution is 5.43. The van der Waals surface area contributed by atoms with Crippen LogP contribution in [0.3, 0.4) is 0 Å². The van der Waals surface area contributed by atoms with Crippen molar-refractivity contribution in [1.82, 2.24) is 25.0 Å². The predicted molar refractivity (Wildman–Crippen MR) is 63.6 cm³/mol. The first-order valence-electron chi connectivity index (χ1n) is 6.10. The molecule has 1 N–H and O–H groups in total. The maximum Gasteiger partial charge on any atom is 0.199 e. The zero-order chi connectivity index (χ0) is 11.7. The molecule has 0 amide bonds. The highest BCUT2D eigenvalue weighted by Crippen LogP contribution is 2.31. The molecule has 2 unspecified atom stereocenters. The third-order valence-corrected chi connectivity index (χ3v) is 3.69. The number of tetrazole rings is 1. The van der Waals surface area contributed by atoms with E-state index in [1.165, 1.54) is 19.3 Å². The largest absolute Gasteiger partial charge is 0.368 e. The van der Waals surface area contributed by atoms with E-state index in [2.05, 4.69) is 32.7 Å². The maximum absolute atomic E-state index is 4.12. The Morgan fingerprint density at radius 3 is 3.18 bits per heavy atom. The Kier molecular flexibility index (Phi) is 2.62. The summed E-state index contributed by atoms with van der Waals surface area (Å²) in [6, 6.07) is 0. The van der Waals surface area contributed by atoms with E-state index in [0.29, 0.717) is 5.65 Å². The SMILES string of the molecule is CC1CCCC1CNc1cncc2nnnn12. The smallest absolute Gasteiger partial charge is 0.199 e. The van der Waals surface area contributed by atoms with Crippen LogP contribution in [0.15, 0.2) is 12.4 Å². The average Bonchev–Trinajstić information content (AvgIpc) is 2.95. The molecular formula is C11H16N6. The molecular weight excluding hydrogens is 216 g/mol. The normalized spacial score (nSPS) is 24.3. The lowest BCUT2D eigenvalue weighted by Crippen LogP contribution is -2.18. The lowest BCUT2D eigenvalue weighted by atomic mass is 9.98. The molecule has 2 atom stereocenters. The summed E-state index contributed by atoms with van der Waals surface area (Å²) in [6.07, 6.45) is 7.43. The van der Waals surface area contributed by atoms with Gasteiger partial charge in [0.15, 0.2) is 5.65 Å². The summed E-state index contributed by atoms with van der Waals surface area (Å²) in [5.74, 6) is 2.43. The quantitative estimate of drug-likeness (QED) is 0.865. The van der Waals surface area contributed by atoms with Gasteiger partial charge in [-0.15, -0.1) is 5.10 Å². The number of hydrogen-bond acceptors (Lipinski definition) is 5. The van der Waals surface area contributed by atoms with Gasteiger partial charge in [0.2, 0.25) is 0 Å². The lowest BCUT2D eigenvalue weighted by molar-refractivity contribution is 0.439. The Morgan fingerprint density at radius 1 is 1.41 bits per heavy atom. The number of nitrogens with zero attached hydrogens (tertiary/aromatic N) is 5. The summed E-state index contributed by atoms with van der Waals surface area (Å²) in [7, 11) is 0. The predicted octanol–water partition coefficient (Wildman–Crippen LogP) is 1.37. The fourth-order valence-corrected chi connectivity index (χ4v) is 2.56. The van der Waals surface area contributed by atoms with Crippen molar-refractivity contribution in [2.24, 2.45) is 11.8 Å². The van der Waals surface area contributed by atoms with Crippen LogP contribution in [0.5, 0.6) is 0 Å². The topological polar surface area (TPSA) is 68.0 Å². The lowest BCUT2D eigenvalue weighted by Gasteiger charge is -2.16. The van der Waals surface area contributed by atoms with Crippen molar-refractivity contribution in [2.45, 2.75) is 26.2 Å². The molecule has 2 aromatic heterocycles. The minimum Gasteiger partial charge on any atom is -0.368 e. The van der Waals surface area contributed by atoms with Crippen LogP contribution in [0.2, 0.25) is 0 Å². The minimum atomic E-state index is 0.675. The van der Waals surface area contributed by atoms with E-state index in [1.807, 2.05) is 0 Å². The second-order valence-electron chi connectivity index (χ2n) is 4.79. The molecule has 1 aliphatic rings. The van der Waals surface area contributed by atoms with Crippen molar-refractivity contribution in [3.8, 4) is 0 Å². The number of anilines is 1. The first-order valence-corrected chi connectivity index (χ1v) is 6.10. The molecule has 0 radical (unpaired) electrons. The maximum atomic E-state index is 4.12. The van der Waals surface area contributed by atoms with E-state index in [0.717, 1.165) is 24.2 Å². The van der Waals surface area contributed by atoms with Gasteiger partial charge in [-0.1, -0.05) is 19.8 Å². The van der Waals surface area contributed by atoms with Crippen LogP contribution >= 0.6 is 0 Å². The van der Waals surface area contributed by atoms with Crippen LogP contribution in [0.4, 0.5) is 5.82 Å². The van der Waals surface area contributed by atoms with E-state index in [4.69, 9.17) is 0 Å². The Bertz CT molecular complexity index is 507. The van der Waals surface area contributed by atoms with Crippen molar-refractivity contribution in [1.29, 1.82) is 0 Å². The van der Waals surface area contributed by atoms with Gasteiger partial charge in [0.1, 0.15) is 5.82 Å². The molecule has 6 heteroatoms. The van der Waals surface area contributed by atoms with Crippen molar-refractivity contribution in [3.63, 3.8) is 0 Å². The van der Waals surface area contributed by atoms with Crippen LogP contribution in [-0.2, 0) is 0 Å².